The van der Waals surface area contributed by atoms with Crippen molar-refractivity contribution >= 4 is 38.2 Å². The zero-order valence-corrected chi connectivity index (χ0v) is 20.0. The first-order valence-electron chi connectivity index (χ1n) is 10.5. The molecule has 0 saturated carbocycles. The maximum absolute atomic E-state index is 12.8. The minimum Gasteiger partial charge on any atom is -0.468 e. The highest BCUT2D eigenvalue weighted by atomic mass is 32.2. The molecule has 0 spiro atoms. The molecule has 3 aromatic rings. The van der Waals surface area contributed by atoms with Crippen molar-refractivity contribution in [3.8, 4) is 0 Å². The second kappa shape index (κ2) is 9.12. The van der Waals surface area contributed by atoms with Crippen molar-refractivity contribution in [2.24, 2.45) is 11.7 Å². The third kappa shape index (κ3) is 4.73. The zero-order valence-electron chi connectivity index (χ0n) is 18.3. The minimum atomic E-state index is -3.76. The highest BCUT2D eigenvalue weighted by Crippen LogP contribution is 2.39. The molecular formula is C23H25N3O5S2. The second-order valence-electron chi connectivity index (χ2n) is 8.24. The fourth-order valence-electron chi connectivity index (χ4n) is 3.94. The molecule has 10 heteroatoms. The van der Waals surface area contributed by atoms with Gasteiger partial charge in [0.2, 0.25) is 10.0 Å². The summed E-state index contributed by atoms with van der Waals surface area (Å²) in [5.74, 6) is 0.0478. The summed E-state index contributed by atoms with van der Waals surface area (Å²) < 4.78 is 32.0. The number of primary amides is 1. The SMILES string of the molecule is C[C@@H]1CCc2c(sc(NC(=O)c3ccc(S(=O)(=O)N(C)Cc4ccco4)cc3)c2C(N)=O)C1. The van der Waals surface area contributed by atoms with Crippen LogP contribution in [0.2, 0.25) is 0 Å². The van der Waals surface area contributed by atoms with Crippen LogP contribution < -0.4 is 11.1 Å². The number of amides is 2. The number of carbonyl (C=O) groups is 2. The Hall–Kier alpha value is -2.95. The largest absolute Gasteiger partial charge is 0.468 e. The number of nitrogens with one attached hydrogen (secondary N) is 1. The molecule has 1 atom stereocenters. The third-order valence-corrected chi connectivity index (χ3v) is 8.76. The second-order valence-corrected chi connectivity index (χ2v) is 11.4. The number of hydrogen-bond donors (Lipinski definition) is 2. The summed E-state index contributed by atoms with van der Waals surface area (Å²) in [5.41, 5.74) is 7.21. The van der Waals surface area contributed by atoms with Crippen LogP contribution in [0.4, 0.5) is 5.00 Å². The molecule has 174 valence electrons. The number of furan rings is 1. The third-order valence-electron chi connectivity index (χ3n) is 5.77. The number of nitrogens with two attached hydrogens (primary N) is 1. The molecule has 8 nitrogen and oxygen atoms in total. The van der Waals surface area contributed by atoms with Gasteiger partial charge < -0.3 is 15.5 Å². The van der Waals surface area contributed by atoms with Crippen LogP contribution in [0.5, 0.6) is 0 Å². The Morgan fingerprint density at radius 2 is 1.97 bits per heavy atom. The van der Waals surface area contributed by atoms with Crippen molar-refractivity contribution in [3.63, 3.8) is 0 Å². The summed E-state index contributed by atoms with van der Waals surface area (Å²) in [6, 6.07) is 9.06. The highest BCUT2D eigenvalue weighted by molar-refractivity contribution is 7.89. The average molecular weight is 488 g/mol. The van der Waals surface area contributed by atoms with Gasteiger partial charge in [-0.25, -0.2) is 8.42 Å². The Morgan fingerprint density at radius 1 is 1.24 bits per heavy atom. The monoisotopic (exact) mass is 487 g/mol. The van der Waals surface area contributed by atoms with Crippen LogP contribution in [-0.4, -0.2) is 31.6 Å². The first kappa shape index (κ1) is 23.2. The molecule has 0 unspecified atom stereocenters. The van der Waals surface area contributed by atoms with Gasteiger partial charge in [0.05, 0.1) is 23.3 Å². The van der Waals surface area contributed by atoms with Crippen molar-refractivity contribution in [1.29, 1.82) is 0 Å². The Bertz CT molecular complexity index is 1280. The van der Waals surface area contributed by atoms with Gasteiger partial charge in [0.15, 0.2) is 0 Å². The van der Waals surface area contributed by atoms with E-state index in [0.717, 1.165) is 29.7 Å². The van der Waals surface area contributed by atoms with Gasteiger partial charge in [0.1, 0.15) is 10.8 Å². The topological polar surface area (TPSA) is 123 Å². The summed E-state index contributed by atoms with van der Waals surface area (Å²) in [6.45, 7) is 2.25. The van der Waals surface area contributed by atoms with Gasteiger partial charge in [-0.3, -0.25) is 9.59 Å². The van der Waals surface area contributed by atoms with Crippen molar-refractivity contribution in [1.82, 2.24) is 4.31 Å². The molecule has 2 aromatic heterocycles. The van der Waals surface area contributed by atoms with E-state index in [0.29, 0.717) is 22.2 Å². The average Bonchev–Trinajstić information content (AvgIpc) is 3.40. The normalized spacial score (nSPS) is 15.9. The number of fused-ring (bicyclic) bond motifs is 1. The van der Waals surface area contributed by atoms with Crippen LogP contribution in [0.1, 0.15) is 50.3 Å². The van der Waals surface area contributed by atoms with Gasteiger partial charge in [-0.1, -0.05) is 6.92 Å². The molecule has 33 heavy (non-hydrogen) atoms. The van der Waals surface area contributed by atoms with E-state index in [1.807, 2.05) is 0 Å². The van der Waals surface area contributed by atoms with Crippen LogP contribution in [0.15, 0.2) is 52.0 Å². The number of sulfonamides is 1. The Labute approximate surface area is 196 Å². The fraction of sp³-hybridized carbons (Fsp3) is 0.304. The molecule has 1 aromatic carbocycles. The van der Waals surface area contributed by atoms with E-state index in [-0.39, 0.29) is 17.0 Å². The van der Waals surface area contributed by atoms with Crippen LogP contribution in [-0.2, 0) is 29.4 Å². The van der Waals surface area contributed by atoms with Crippen LogP contribution >= 0.6 is 11.3 Å². The molecule has 1 aliphatic carbocycles. The standard InChI is InChI=1S/C23H25N3O5S2/c1-14-5-10-18-19(12-14)32-23(20(18)21(24)27)25-22(28)15-6-8-17(9-7-15)33(29,30)26(2)13-16-4-3-11-31-16/h3-4,6-9,11,14H,5,10,12-13H2,1-2H3,(H2,24,27)(H,25,28)/t14-/m1/s1. The molecular weight excluding hydrogens is 462 g/mol. The molecule has 1 aliphatic rings. The number of hydrogen-bond acceptors (Lipinski definition) is 6. The molecule has 0 bridgehead atoms. The Morgan fingerprint density at radius 3 is 2.61 bits per heavy atom. The summed E-state index contributed by atoms with van der Waals surface area (Å²) in [7, 11) is -2.30. The predicted molar refractivity (Wildman–Crippen MR) is 126 cm³/mol. The van der Waals surface area contributed by atoms with Crippen molar-refractivity contribution in [2.45, 2.75) is 37.6 Å². The fourth-order valence-corrected chi connectivity index (χ4v) is 6.49. The van der Waals surface area contributed by atoms with E-state index in [1.54, 1.807) is 12.1 Å². The van der Waals surface area contributed by atoms with Crippen molar-refractivity contribution < 1.29 is 22.4 Å². The van der Waals surface area contributed by atoms with Gasteiger partial charge in [-0.15, -0.1) is 11.3 Å². The summed E-state index contributed by atoms with van der Waals surface area (Å²) >= 11 is 1.39. The smallest absolute Gasteiger partial charge is 0.256 e. The lowest BCUT2D eigenvalue weighted by Crippen LogP contribution is -2.26. The lowest BCUT2D eigenvalue weighted by molar-refractivity contribution is 0.1000. The number of benzene rings is 1. The maximum atomic E-state index is 12.8. The van der Waals surface area contributed by atoms with Gasteiger partial charge >= 0.3 is 0 Å². The first-order chi connectivity index (χ1) is 15.7. The van der Waals surface area contributed by atoms with Crippen molar-refractivity contribution in [3.05, 3.63) is 70.0 Å². The Kier molecular flexibility index (Phi) is 6.42. The number of anilines is 1. The lowest BCUT2D eigenvalue weighted by Gasteiger charge is -2.18. The number of carbonyl (C=O) groups excluding carboxylic acids is 2. The maximum Gasteiger partial charge on any atom is 0.256 e. The van der Waals surface area contributed by atoms with Crippen LogP contribution in [0.25, 0.3) is 0 Å². The predicted octanol–water partition coefficient (Wildman–Crippen LogP) is 3.64. The molecule has 2 heterocycles. The quantitative estimate of drug-likeness (QED) is 0.527. The molecule has 0 radical (unpaired) electrons. The van der Waals surface area contributed by atoms with Gasteiger partial charge in [-0.05, 0) is 67.1 Å². The molecule has 4 rings (SSSR count). The molecule has 0 fully saturated rings. The first-order valence-corrected chi connectivity index (χ1v) is 12.8. The van der Waals surface area contributed by atoms with E-state index in [4.69, 9.17) is 10.2 Å². The van der Waals surface area contributed by atoms with Crippen molar-refractivity contribution in [2.75, 3.05) is 12.4 Å². The number of nitrogens with zero attached hydrogens (tertiary/aromatic N) is 1. The lowest BCUT2D eigenvalue weighted by atomic mass is 9.88. The van der Waals surface area contributed by atoms with Crippen LogP contribution in [0, 0.1) is 5.92 Å². The van der Waals surface area contributed by atoms with E-state index in [2.05, 4.69) is 12.2 Å². The molecule has 2 amide bonds. The molecule has 0 saturated heterocycles. The van der Waals surface area contributed by atoms with E-state index in [9.17, 15) is 18.0 Å². The molecule has 3 N–H and O–H groups in total. The van der Waals surface area contributed by atoms with E-state index < -0.39 is 21.8 Å². The summed E-state index contributed by atoms with van der Waals surface area (Å²) in [5, 5.41) is 3.24. The zero-order chi connectivity index (χ0) is 23.8. The van der Waals surface area contributed by atoms with Gasteiger partial charge in [0.25, 0.3) is 11.8 Å². The van der Waals surface area contributed by atoms with Gasteiger partial charge in [-0.2, -0.15) is 4.31 Å². The number of rotatable bonds is 7. The van der Waals surface area contributed by atoms with E-state index in [1.165, 1.54) is 53.2 Å². The summed E-state index contributed by atoms with van der Waals surface area (Å²) in [4.78, 5) is 26.1. The minimum absolute atomic E-state index is 0.0616. The summed E-state index contributed by atoms with van der Waals surface area (Å²) in [6.07, 6.45) is 4.08. The molecule has 0 aliphatic heterocycles. The van der Waals surface area contributed by atoms with Crippen LogP contribution in [0.3, 0.4) is 0 Å². The van der Waals surface area contributed by atoms with E-state index >= 15 is 0 Å². The Balaban J connectivity index is 1.52. The highest BCUT2D eigenvalue weighted by Gasteiger charge is 2.28. The number of thiophene rings is 1. The van der Waals surface area contributed by atoms with Gasteiger partial charge in [0, 0.05) is 17.5 Å².